The summed E-state index contributed by atoms with van der Waals surface area (Å²) in [5, 5.41) is 0.249. The summed E-state index contributed by atoms with van der Waals surface area (Å²) in [7, 11) is 0. The van der Waals surface area contributed by atoms with E-state index in [1.807, 2.05) is 13.0 Å². The molecule has 2 aliphatic heterocycles. The van der Waals surface area contributed by atoms with Crippen molar-refractivity contribution in [1.82, 2.24) is 0 Å². The molecule has 2 aliphatic carbocycles. The average Bonchev–Trinajstić information content (AvgIpc) is 2.93. The lowest BCUT2D eigenvalue weighted by atomic mass is 9.55. The molecule has 4 nitrogen and oxygen atoms in total. The molecule has 20 heavy (non-hydrogen) atoms. The zero-order chi connectivity index (χ0) is 14.5. The van der Waals surface area contributed by atoms with E-state index in [9.17, 15) is 9.59 Å². The molecule has 1 saturated carbocycles. The normalized spacial score (nSPS) is 56.4. The number of hydrogen-bond acceptors (Lipinski definition) is 4. The van der Waals surface area contributed by atoms with Gasteiger partial charge in [0, 0.05) is 11.3 Å². The fourth-order valence-electron chi connectivity index (χ4n) is 4.77. The summed E-state index contributed by atoms with van der Waals surface area (Å²) in [5.41, 5.74) is -2.02. The molecule has 0 aromatic heterocycles. The van der Waals surface area contributed by atoms with E-state index in [4.69, 9.17) is 21.1 Å². The van der Waals surface area contributed by atoms with Crippen molar-refractivity contribution in [2.45, 2.75) is 50.9 Å². The lowest BCUT2D eigenvalue weighted by molar-refractivity contribution is -0.149. The van der Waals surface area contributed by atoms with Crippen LogP contribution in [0.15, 0.2) is 11.1 Å². The van der Waals surface area contributed by atoms with Crippen LogP contribution in [0.1, 0.15) is 33.6 Å². The second-order valence-corrected chi connectivity index (χ2v) is 7.37. The molecule has 6 unspecified atom stereocenters. The van der Waals surface area contributed by atoms with Crippen LogP contribution in [0.2, 0.25) is 0 Å². The molecule has 0 aromatic carbocycles. The van der Waals surface area contributed by atoms with Gasteiger partial charge in [0.15, 0.2) is 11.2 Å². The number of carbonyl (C=O) groups is 2. The predicted molar refractivity (Wildman–Crippen MR) is 71.0 cm³/mol. The van der Waals surface area contributed by atoms with Crippen LogP contribution in [0.3, 0.4) is 0 Å². The van der Waals surface area contributed by atoms with Gasteiger partial charge >= 0.3 is 5.97 Å². The quantitative estimate of drug-likeness (QED) is 0.508. The van der Waals surface area contributed by atoms with Crippen molar-refractivity contribution in [2.24, 2.45) is 17.3 Å². The number of halogens is 1. The summed E-state index contributed by atoms with van der Waals surface area (Å²) < 4.78 is 11.6. The number of rotatable bonds is 0. The number of Topliss-reactive ketones (excluding diaryl/α,β-unsaturated/α-hetero) is 1. The topological polar surface area (TPSA) is 55.9 Å². The Morgan fingerprint density at radius 2 is 2.05 bits per heavy atom. The van der Waals surface area contributed by atoms with Crippen LogP contribution in [-0.2, 0) is 19.1 Å². The summed E-state index contributed by atoms with van der Waals surface area (Å²) in [6, 6.07) is 0. The summed E-state index contributed by atoms with van der Waals surface area (Å²) >= 11 is 6.11. The first-order valence-corrected chi connectivity index (χ1v) is 7.48. The summed E-state index contributed by atoms with van der Waals surface area (Å²) in [4.78, 5) is 24.3. The van der Waals surface area contributed by atoms with Crippen molar-refractivity contribution in [2.75, 3.05) is 0 Å². The fraction of sp³-hybridized carbons (Fsp3) is 0.733. The van der Waals surface area contributed by atoms with Crippen molar-refractivity contribution < 1.29 is 19.1 Å². The molecule has 1 spiro atoms. The molecule has 6 atom stereocenters. The van der Waals surface area contributed by atoms with Crippen LogP contribution in [0, 0.1) is 17.3 Å². The van der Waals surface area contributed by atoms with Gasteiger partial charge in [-0.15, -0.1) is 0 Å². The van der Waals surface area contributed by atoms with Gasteiger partial charge in [0.1, 0.15) is 6.10 Å². The first-order chi connectivity index (χ1) is 9.27. The van der Waals surface area contributed by atoms with Gasteiger partial charge in [0.2, 0.25) is 5.78 Å². The van der Waals surface area contributed by atoms with Crippen LogP contribution >= 0.6 is 11.6 Å². The van der Waals surface area contributed by atoms with Gasteiger partial charge in [0.05, 0.1) is 11.0 Å². The van der Waals surface area contributed by atoms with E-state index >= 15 is 0 Å². The average molecular weight is 297 g/mol. The zero-order valence-corrected chi connectivity index (χ0v) is 12.5. The Hall–Kier alpha value is -0.870. The lowest BCUT2D eigenvalue weighted by Crippen LogP contribution is -2.58. The zero-order valence-electron chi connectivity index (χ0n) is 11.7. The van der Waals surface area contributed by atoms with Gasteiger partial charge in [-0.05, 0) is 19.8 Å². The first-order valence-electron chi connectivity index (χ1n) is 7.11. The molecule has 3 fully saturated rings. The molecule has 0 aromatic rings. The van der Waals surface area contributed by atoms with Crippen molar-refractivity contribution >= 4 is 23.4 Å². The van der Waals surface area contributed by atoms with Gasteiger partial charge in [-0.3, -0.25) is 9.59 Å². The standard InChI is InChI=1S/C15H17ClO4/c1-7-8-4-5-13(2)6-9(16)10(17)14(3)15(13,20-14)11(8)19-12(7)18/h6-8,11H,4-5H2,1-3H3. The largest absolute Gasteiger partial charge is 0.459 e. The Bertz CT molecular complexity index is 584. The van der Waals surface area contributed by atoms with E-state index in [1.54, 1.807) is 6.92 Å². The molecule has 2 saturated heterocycles. The summed E-state index contributed by atoms with van der Waals surface area (Å²) in [6.07, 6.45) is 3.23. The monoisotopic (exact) mass is 296 g/mol. The van der Waals surface area contributed by atoms with Crippen LogP contribution < -0.4 is 0 Å². The minimum atomic E-state index is -0.943. The third-order valence-electron chi connectivity index (χ3n) is 6.02. The molecule has 0 amide bonds. The first kappa shape index (κ1) is 12.8. The van der Waals surface area contributed by atoms with Crippen molar-refractivity contribution in [1.29, 1.82) is 0 Å². The molecule has 4 aliphatic rings. The second kappa shape index (κ2) is 3.30. The molecular weight excluding hydrogens is 280 g/mol. The third kappa shape index (κ3) is 1.08. The molecule has 4 rings (SSSR count). The summed E-state index contributed by atoms with van der Waals surface area (Å²) in [5.74, 6) is -0.350. The van der Waals surface area contributed by atoms with E-state index in [2.05, 4.69) is 6.92 Å². The number of epoxide rings is 1. The predicted octanol–water partition coefficient (Wildman–Crippen LogP) is 2.20. The second-order valence-electron chi connectivity index (χ2n) is 6.96. The Kier molecular flexibility index (Phi) is 2.12. The SMILES string of the molecule is CC1C(=O)OC2C1CCC1(C)C=C(Cl)C(=O)C3(C)OC213. The Labute approximate surface area is 122 Å². The minimum Gasteiger partial charge on any atom is -0.459 e. The van der Waals surface area contributed by atoms with E-state index in [1.165, 1.54) is 0 Å². The van der Waals surface area contributed by atoms with Gasteiger partial charge in [0.25, 0.3) is 0 Å². The molecule has 0 radical (unpaired) electrons. The van der Waals surface area contributed by atoms with Gasteiger partial charge in [-0.25, -0.2) is 0 Å². The number of ketones is 1. The van der Waals surface area contributed by atoms with Crippen LogP contribution in [0.5, 0.6) is 0 Å². The van der Waals surface area contributed by atoms with Gasteiger partial charge in [-0.1, -0.05) is 31.5 Å². The third-order valence-corrected chi connectivity index (χ3v) is 6.30. The van der Waals surface area contributed by atoms with Crippen molar-refractivity contribution in [3.8, 4) is 0 Å². The number of carbonyl (C=O) groups excluding carboxylic acids is 2. The van der Waals surface area contributed by atoms with Crippen LogP contribution in [0.4, 0.5) is 0 Å². The highest BCUT2D eigenvalue weighted by molar-refractivity contribution is 6.44. The van der Waals surface area contributed by atoms with Crippen molar-refractivity contribution in [3.63, 3.8) is 0 Å². The maximum absolute atomic E-state index is 12.4. The maximum atomic E-state index is 12.4. The van der Waals surface area contributed by atoms with Crippen LogP contribution in [0.25, 0.3) is 0 Å². The molecule has 2 heterocycles. The maximum Gasteiger partial charge on any atom is 0.309 e. The Morgan fingerprint density at radius 3 is 2.75 bits per heavy atom. The van der Waals surface area contributed by atoms with Crippen molar-refractivity contribution in [3.05, 3.63) is 11.1 Å². The van der Waals surface area contributed by atoms with E-state index < -0.39 is 11.2 Å². The smallest absolute Gasteiger partial charge is 0.309 e. The van der Waals surface area contributed by atoms with E-state index in [0.29, 0.717) is 0 Å². The fourth-order valence-corrected chi connectivity index (χ4v) is 5.20. The number of ether oxygens (including phenoxy) is 2. The highest BCUT2D eigenvalue weighted by Gasteiger charge is 2.86. The number of esters is 1. The van der Waals surface area contributed by atoms with Gasteiger partial charge in [-0.2, -0.15) is 0 Å². The Morgan fingerprint density at radius 1 is 1.35 bits per heavy atom. The highest BCUT2D eigenvalue weighted by Crippen LogP contribution is 2.71. The molecule has 108 valence electrons. The molecular formula is C15H17ClO4. The van der Waals surface area contributed by atoms with E-state index in [0.717, 1.165) is 12.8 Å². The molecule has 0 N–H and O–H groups in total. The highest BCUT2D eigenvalue weighted by atomic mass is 35.5. The summed E-state index contributed by atoms with van der Waals surface area (Å²) in [6.45, 7) is 5.74. The minimum absolute atomic E-state index is 0.121. The lowest BCUT2D eigenvalue weighted by Gasteiger charge is -2.46. The number of hydrogen-bond donors (Lipinski definition) is 0. The molecule has 0 bridgehead atoms. The Balaban J connectivity index is 1.88. The number of fused-ring (bicyclic) bond motifs is 1. The molecule has 5 heteroatoms. The van der Waals surface area contributed by atoms with E-state index in [-0.39, 0.29) is 40.1 Å². The van der Waals surface area contributed by atoms with Crippen LogP contribution in [-0.4, -0.2) is 29.1 Å². The van der Waals surface area contributed by atoms with Gasteiger partial charge < -0.3 is 9.47 Å².